The Morgan fingerprint density at radius 2 is 1.83 bits per heavy atom. The number of hydrogen-bond donors (Lipinski definition) is 2. The summed E-state index contributed by atoms with van der Waals surface area (Å²) >= 11 is 0. The second-order valence-electron chi connectivity index (χ2n) is 6.78. The number of nitrogens with one attached hydrogen (secondary N) is 2. The van der Waals surface area contributed by atoms with Crippen LogP contribution in [0.4, 0.5) is 10.1 Å². The van der Waals surface area contributed by atoms with Gasteiger partial charge in [-0.1, -0.05) is 18.2 Å². The van der Waals surface area contributed by atoms with Gasteiger partial charge in [0, 0.05) is 26.2 Å². The van der Waals surface area contributed by atoms with Gasteiger partial charge >= 0.3 is 0 Å². The fourth-order valence-electron chi connectivity index (χ4n) is 3.15. The van der Waals surface area contributed by atoms with Crippen LogP contribution in [0.3, 0.4) is 0 Å². The zero-order valence-corrected chi connectivity index (χ0v) is 17.1. The van der Waals surface area contributed by atoms with Gasteiger partial charge in [-0.15, -0.1) is 0 Å². The van der Waals surface area contributed by atoms with E-state index < -0.39 is 0 Å². The van der Waals surface area contributed by atoms with Crippen molar-refractivity contribution in [2.45, 2.75) is 20.0 Å². The van der Waals surface area contributed by atoms with Crippen LogP contribution in [0.15, 0.2) is 47.5 Å². The molecule has 7 heteroatoms. The first-order valence-corrected chi connectivity index (χ1v) is 9.96. The Labute approximate surface area is 171 Å². The third kappa shape index (κ3) is 6.09. The molecule has 2 aromatic rings. The van der Waals surface area contributed by atoms with Crippen LogP contribution in [-0.2, 0) is 17.8 Å². The maximum Gasteiger partial charge on any atom is 0.191 e. The largest absolute Gasteiger partial charge is 0.497 e. The number of guanidine groups is 1. The minimum atomic E-state index is -0.212. The van der Waals surface area contributed by atoms with E-state index in [1.165, 1.54) is 0 Å². The van der Waals surface area contributed by atoms with Crippen LogP contribution in [0.25, 0.3) is 0 Å². The van der Waals surface area contributed by atoms with E-state index in [2.05, 4.69) is 15.6 Å². The van der Waals surface area contributed by atoms with Gasteiger partial charge in [0.05, 0.1) is 32.6 Å². The summed E-state index contributed by atoms with van der Waals surface area (Å²) in [6, 6.07) is 13.2. The zero-order chi connectivity index (χ0) is 20.5. The van der Waals surface area contributed by atoms with Gasteiger partial charge in [-0.2, -0.15) is 0 Å². The summed E-state index contributed by atoms with van der Waals surface area (Å²) in [6.07, 6.45) is 0. The molecule has 0 atom stereocenters. The van der Waals surface area contributed by atoms with E-state index in [9.17, 15) is 4.39 Å². The van der Waals surface area contributed by atoms with Crippen LogP contribution in [0, 0.1) is 5.82 Å². The van der Waals surface area contributed by atoms with Crippen molar-refractivity contribution in [1.82, 2.24) is 10.6 Å². The summed E-state index contributed by atoms with van der Waals surface area (Å²) in [4.78, 5) is 6.61. The van der Waals surface area contributed by atoms with Crippen LogP contribution in [0.2, 0.25) is 0 Å². The summed E-state index contributed by atoms with van der Waals surface area (Å²) in [5, 5.41) is 6.53. The van der Waals surface area contributed by atoms with E-state index in [1.54, 1.807) is 13.2 Å². The topological polar surface area (TPSA) is 58.1 Å². The molecule has 3 rings (SSSR count). The van der Waals surface area contributed by atoms with Crippen molar-refractivity contribution in [1.29, 1.82) is 0 Å². The lowest BCUT2D eigenvalue weighted by atomic mass is 10.1. The minimum absolute atomic E-state index is 0.212. The summed E-state index contributed by atoms with van der Waals surface area (Å²) < 4.78 is 25.1. The molecular formula is C22H29FN4O2. The van der Waals surface area contributed by atoms with Crippen molar-refractivity contribution in [2.24, 2.45) is 4.99 Å². The minimum Gasteiger partial charge on any atom is -0.497 e. The van der Waals surface area contributed by atoms with E-state index in [0.717, 1.165) is 23.4 Å². The molecule has 0 aromatic heterocycles. The molecule has 156 valence electrons. The number of anilines is 1. The highest BCUT2D eigenvalue weighted by Crippen LogP contribution is 2.22. The third-order valence-corrected chi connectivity index (χ3v) is 4.75. The normalized spacial score (nSPS) is 14.6. The van der Waals surface area contributed by atoms with Crippen LogP contribution >= 0.6 is 0 Å². The standard InChI is InChI=1S/C22H29FN4O2/c1-3-24-22(25-15-17-4-7-19(28-2)8-5-17)26-16-18-6-9-21(20(23)14-18)27-10-12-29-13-11-27/h4-9,14H,3,10-13,15-16H2,1-2H3,(H2,24,25,26). The number of nitrogens with zero attached hydrogens (tertiary/aromatic N) is 2. The molecule has 0 radical (unpaired) electrons. The number of aliphatic imine (C=N–C) groups is 1. The molecule has 6 nitrogen and oxygen atoms in total. The highest BCUT2D eigenvalue weighted by molar-refractivity contribution is 5.79. The van der Waals surface area contributed by atoms with Gasteiger partial charge in [0.25, 0.3) is 0 Å². The average molecular weight is 400 g/mol. The van der Waals surface area contributed by atoms with E-state index in [0.29, 0.717) is 51.0 Å². The van der Waals surface area contributed by atoms with Gasteiger partial charge in [-0.3, -0.25) is 0 Å². The maximum absolute atomic E-state index is 14.6. The van der Waals surface area contributed by atoms with E-state index in [-0.39, 0.29) is 5.82 Å². The van der Waals surface area contributed by atoms with Gasteiger partial charge < -0.3 is 25.0 Å². The second-order valence-corrected chi connectivity index (χ2v) is 6.78. The van der Waals surface area contributed by atoms with Gasteiger partial charge in [-0.25, -0.2) is 9.38 Å². The Kier molecular flexibility index (Phi) is 7.69. The van der Waals surface area contributed by atoms with Crippen molar-refractivity contribution in [3.05, 3.63) is 59.4 Å². The van der Waals surface area contributed by atoms with Crippen molar-refractivity contribution < 1.29 is 13.9 Å². The van der Waals surface area contributed by atoms with Crippen molar-refractivity contribution in [2.75, 3.05) is 44.9 Å². The molecule has 2 N–H and O–H groups in total. The lowest BCUT2D eigenvalue weighted by Crippen LogP contribution is -2.37. The van der Waals surface area contributed by atoms with Gasteiger partial charge in [-0.05, 0) is 42.3 Å². The zero-order valence-electron chi connectivity index (χ0n) is 17.1. The van der Waals surface area contributed by atoms with E-state index in [1.807, 2.05) is 48.2 Å². The average Bonchev–Trinajstić information content (AvgIpc) is 2.76. The number of rotatable bonds is 7. The molecule has 0 unspecified atom stereocenters. The first-order chi connectivity index (χ1) is 14.2. The molecule has 1 heterocycles. The summed E-state index contributed by atoms with van der Waals surface area (Å²) in [5.41, 5.74) is 2.59. The molecule has 1 fully saturated rings. The van der Waals surface area contributed by atoms with Crippen molar-refractivity contribution in [3.8, 4) is 5.75 Å². The number of methoxy groups -OCH3 is 1. The Morgan fingerprint density at radius 3 is 2.48 bits per heavy atom. The molecule has 2 aromatic carbocycles. The lowest BCUT2D eigenvalue weighted by Gasteiger charge is -2.29. The lowest BCUT2D eigenvalue weighted by molar-refractivity contribution is 0.122. The molecule has 1 aliphatic rings. The predicted octanol–water partition coefficient (Wildman–Crippen LogP) is 2.93. The smallest absolute Gasteiger partial charge is 0.191 e. The van der Waals surface area contributed by atoms with Crippen LogP contribution in [0.5, 0.6) is 5.75 Å². The molecule has 29 heavy (non-hydrogen) atoms. The van der Waals surface area contributed by atoms with Crippen LogP contribution < -0.4 is 20.3 Å². The highest BCUT2D eigenvalue weighted by Gasteiger charge is 2.15. The van der Waals surface area contributed by atoms with Crippen molar-refractivity contribution in [3.63, 3.8) is 0 Å². The number of morpholine rings is 1. The number of benzene rings is 2. The van der Waals surface area contributed by atoms with Crippen LogP contribution in [0.1, 0.15) is 18.1 Å². The highest BCUT2D eigenvalue weighted by atomic mass is 19.1. The Hall–Kier alpha value is -2.80. The predicted molar refractivity (Wildman–Crippen MR) is 114 cm³/mol. The fraction of sp³-hybridized carbons (Fsp3) is 0.409. The first-order valence-electron chi connectivity index (χ1n) is 9.96. The molecule has 1 saturated heterocycles. The molecule has 1 aliphatic heterocycles. The van der Waals surface area contributed by atoms with Crippen LogP contribution in [-0.4, -0.2) is 45.9 Å². The van der Waals surface area contributed by atoms with E-state index >= 15 is 0 Å². The second kappa shape index (κ2) is 10.7. The SMILES string of the molecule is CCNC(=NCc1ccc(N2CCOCC2)c(F)c1)NCc1ccc(OC)cc1. The quantitative estimate of drug-likeness (QED) is 0.553. The summed E-state index contributed by atoms with van der Waals surface area (Å²) in [6.45, 7) is 6.51. The van der Waals surface area contributed by atoms with Gasteiger partial charge in [0.2, 0.25) is 0 Å². The molecule has 0 bridgehead atoms. The summed E-state index contributed by atoms with van der Waals surface area (Å²) in [7, 11) is 1.65. The van der Waals surface area contributed by atoms with Crippen molar-refractivity contribution >= 4 is 11.6 Å². The monoisotopic (exact) mass is 400 g/mol. The molecule has 0 aliphatic carbocycles. The van der Waals surface area contributed by atoms with Gasteiger partial charge in [0.15, 0.2) is 5.96 Å². The maximum atomic E-state index is 14.6. The molecule has 0 amide bonds. The number of ether oxygens (including phenoxy) is 2. The Morgan fingerprint density at radius 1 is 1.10 bits per heavy atom. The Balaban J connectivity index is 1.60. The molecule has 0 spiro atoms. The van der Waals surface area contributed by atoms with E-state index in [4.69, 9.17) is 9.47 Å². The summed E-state index contributed by atoms with van der Waals surface area (Å²) in [5.74, 6) is 1.31. The number of hydrogen-bond acceptors (Lipinski definition) is 4. The number of halogens is 1. The first kappa shape index (κ1) is 20.9. The van der Waals surface area contributed by atoms with Gasteiger partial charge in [0.1, 0.15) is 11.6 Å². The molecule has 0 saturated carbocycles. The molecular weight excluding hydrogens is 371 g/mol. The third-order valence-electron chi connectivity index (χ3n) is 4.75. The Bertz CT molecular complexity index is 805. The fourth-order valence-corrected chi connectivity index (χ4v) is 3.15.